The number of benzene rings is 2. The van der Waals surface area contributed by atoms with E-state index in [1.54, 1.807) is 24.3 Å². The van der Waals surface area contributed by atoms with Gasteiger partial charge >= 0.3 is 5.97 Å². The topological polar surface area (TPSA) is 129 Å². The van der Waals surface area contributed by atoms with Crippen LogP contribution in [0.4, 0.5) is 0 Å². The van der Waals surface area contributed by atoms with Crippen LogP contribution in [0, 0.1) is 0 Å². The lowest BCUT2D eigenvalue weighted by molar-refractivity contribution is -0.137. The standard InChI is InChI=1S/C18H17N3O6S/c1-27-15-10-12(6-7-14(15)22)11-19-21(9-8-17(23)24)18-13-4-2-3-5-16(13)28(25,26)20-18/h2-7,10-11,22H,8-9H2,1H3,(H,23,24). The Labute approximate surface area is 161 Å². The van der Waals surface area contributed by atoms with E-state index in [1.807, 2.05) is 0 Å². The van der Waals surface area contributed by atoms with E-state index in [1.165, 1.54) is 36.5 Å². The predicted octanol–water partition coefficient (Wildman–Crippen LogP) is 1.66. The Morgan fingerprint density at radius 2 is 2.04 bits per heavy atom. The summed E-state index contributed by atoms with van der Waals surface area (Å²) in [5.41, 5.74) is 0.915. The Morgan fingerprint density at radius 3 is 2.75 bits per heavy atom. The van der Waals surface area contributed by atoms with Crippen LogP contribution >= 0.6 is 0 Å². The summed E-state index contributed by atoms with van der Waals surface area (Å²) in [5.74, 6) is -0.796. The summed E-state index contributed by atoms with van der Waals surface area (Å²) < 4.78 is 33.4. The molecule has 0 unspecified atom stereocenters. The second kappa shape index (κ2) is 7.69. The predicted molar refractivity (Wildman–Crippen MR) is 101 cm³/mol. The van der Waals surface area contributed by atoms with E-state index in [2.05, 4.69) is 9.50 Å². The zero-order valence-electron chi connectivity index (χ0n) is 14.8. The highest BCUT2D eigenvalue weighted by atomic mass is 32.2. The SMILES string of the molecule is COc1cc(C=NN(CCC(=O)O)C2=NS(=O)(=O)c3ccccc32)ccc1O. The molecule has 28 heavy (non-hydrogen) atoms. The maximum absolute atomic E-state index is 12.3. The second-order valence-corrected chi connectivity index (χ2v) is 7.40. The third kappa shape index (κ3) is 3.96. The highest BCUT2D eigenvalue weighted by molar-refractivity contribution is 7.90. The minimum absolute atomic E-state index is 0.0393. The number of hydrogen-bond donors (Lipinski definition) is 2. The number of sulfonamides is 1. The number of hydrogen-bond acceptors (Lipinski definition) is 7. The molecule has 0 aromatic heterocycles. The lowest BCUT2D eigenvalue weighted by Gasteiger charge is -2.18. The largest absolute Gasteiger partial charge is 0.504 e. The number of fused-ring (bicyclic) bond motifs is 1. The van der Waals surface area contributed by atoms with E-state index < -0.39 is 16.0 Å². The molecule has 0 atom stereocenters. The molecule has 146 valence electrons. The Kier molecular flexibility index (Phi) is 5.32. The van der Waals surface area contributed by atoms with Gasteiger partial charge in [0, 0.05) is 5.56 Å². The molecule has 1 aliphatic rings. The monoisotopic (exact) mass is 403 g/mol. The summed E-state index contributed by atoms with van der Waals surface area (Å²) in [6.45, 7) is -0.0796. The third-order valence-electron chi connectivity index (χ3n) is 3.94. The number of ether oxygens (including phenoxy) is 1. The molecule has 1 heterocycles. The Hall–Kier alpha value is -3.40. The molecule has 1 aliphatic heterocycles. The molecule has 0 aliphatic carbocycles. The average Bonchev–Trinajstić information content (AvgIpc) is 2.94. The molecule has 2 aromatic rings. The summed E-state index contributed by atoms with van der Waals surface area (Å²) >= 11 is 0. The molecule has 0 amide bonds. The van der Waals surface area contributed by atoms with Crippen molar-refractivity contribution in [2.45, 2.75) is 11.3 Å². The van der Waals surface area contributed by atoms with Crippen molar-refractivity contribution >= 4 is 28.0 Å². The number of phenols is 1. The van der Waals surface area contributed by atoms with Gasteiger partial charge in [-0.05, 0) is 35.9 Å². The first-order chi connectivity index (χ1) is 13.3. The number of aromatic hydroxyl groups is 1. The number of hydrazone groups is 1. The van der Waals surface area contributed by atoms with Crippen molar-refractivity contribution in [2.24, 2.45) is 9.50 Å². The maximum atomic E-state index is 12.3. The average molecular weight is 403 g/mol. The van der Waals surface area contributed by atoms with Crippen LogP contribution in [0.1, 0.15) is 17.5 Å². The van der Waals surface area contributed by atoms with E-state index in [-0.39, 0.29) is 35.2 Å². The van der Waals surface area contributed by atoms with E-state index in [9.17, 15) is 18.3 Å². The van der Waals surface area contributed by atoms with Crippen LogP contribution < -0.4 is 4.74 Å². The molecule has 10 heteroatoms. The quantitative estimate of drug-likeness (QED) is 0.554. The van der Waals surface area contributed by atoms with Crippen LogP contribution in [0.5, 0.6) is 11.5 Å². The van der Waals surface area contributed by atoms with Crippen molar-refractivity contribution in [1.82, 2.24) is 5.01 Å². The first-order valence-corrected chi connectivity index (χ1v) is 9.60. The number of methoxy groups -OCH3 is 1. The molecular weight excluding hydrogens is 386 g/mol. The van der Waals surface area contributed by atoms with Gasteiger partial charge in [0.05, 0.1) is 26.3 Å². The van der Waals surface area contributed by atoms with Crippen molar-refractivity contribution in [3.8, 4) is 11.5 Å². The highest BCUT2D eigenvalue weighted by Crippen LogP contribution is 2.28. The maximum Gasteiger partial charge on any atom is 0.305 e. The summed E-state index contributed by atoms with van der Waals surface area (Å²) in [4.78, 5) is 11.1. The molecule has 2 aromatic carbocycles. The van der Waals surface area contributed by atoms with E-state index >= 15 is 0 Å². The van der Waals surface area contributed by atoms with Crippen molar-refractivity contribution in [1.29, 1.82) is 0 Å². The highest BCUT2D eigenvalue weighted by Gasteiger charge is 2.31. The first kappa shape index (κ1) is 19.4. The van der Waals surface area contributed by atoms with Gasteiger partial charge in [-0.3, -0.25) is 4.79 Å². The number of carboxylic acid groups (broad SMARTS) is 1. The van der Waals surface area contributed by atoms with Gasteiger partial charge in [-0.15, -0.1) is 4.40 Å². The second-order valence-electron chi connectivity index (χ2n) is 5.83. The van der Waals surface area contributed by atoms with Gasteiger partial charge in [-0.1, -0.05) is 12.1 Å². The number of phenolic OH excluding ortho intramolecular Hbond substituents is 1. The Bertz CT molecular complexity index is 1080. The number of nitrogens with zero attached hydrogens (tertiary/aromatic N) is 3. The van der Waals surface area contributed by atoms with Crippen LogP contribution in [0.25, 0.3) is 0 Å². The number of carboxylic acids is 1. The summed E-state index contributed by atoms with van der Waals surface area (Å²) in [6, 6.07) is 10.8. The molecule has 0 radical (unpaired) electrons. The van der Waals surface area contributed by atoms with Gasteiger partial charge in [0.25, 0.3) is 10.0 Å². The normalized spacial score (nSPS) is 14.5. The van der Waals surface area contributed by atoms with Crippen LogP contribution in [-0.2, 0) is 14.8 Å². The zero-order valence-corrected chi connectivity index (χ0v) is 15.6. The Morgan fingerprint density at radius 1 is 1.29 bits per heavy atom. The molecule has 0 saturated carbocycles. The Balaban J connectivity index is 1.98. The number of aliphatic carboxylic acids is 1. The van der Waals surface area contributed by atoms with Gasteiger partial charge in [-0.2, -0.15) is 13.5 Å². The van der Waals surface area contributed by atoms with Crippen molar-refractivity contribution in [2.75, 3.05) is 13.7 Å². The molecular formula is C18H17N3O6S. The van der Waals surface area contributed by atoms with Gasteiger partial charge in [0.15, 0.2) is 17.3 Å². The van der Waals surface area contributed by atoms with E-state index in [0.29, 0.717) is 11.1 Å². The van der Waals surface area contributed by atoms with Crippen molar-refractivity contribution in [3.05, 3.63) is 53.6 Å². The number of amidine groups is 1. The summed E-state index contributed by atoms with van der Waals surface area (Å²) in [7, 11) is -2.46. The van der Waals surface area contributed by atoms with Crippen LogP contribution in [-0.4, -0.2) is 55.3 Å². The molecule has 0 saturated heterocycles. The summed E-state index contributed by atoms with van der Waals surface area (Å²) in [5, 5.41) is 24.1. The molecule has 0 fully saturated rings. The fraction of sp³-hybridized carbons (Fsp3) is 0.167. The fourth-order valence-corrected chi connectivity index (χ4v) is 3.81. The lowest BCUT2D eigenvalue weighted by Crippen LogP contribution is -2.28. The zero-order chi connectivity index (χ0) is 20.3. The summed E-state index contributed by atoms with van der Waals surface area (Å²) in [6.07, 6.45) is 1.14. The molecule has 9 nitrogen and oxygen atoms in total. The molecule has 2 N–H and O–H groups in total. The van der Waals surface area contributed by atoms with Crippen LogP contribution in [0.3, 0.4) is 0 Å². The molecule has 0 bridgehead atoms. The van der Waals surface area contributed by atoms with Gasteiger partial charge < -0.3 is 14.9 Å². The van der Waals surface area contributed by atoms with E-state index in [0.717, 1.165) is 0 Å². The minimum atomic E-state index is -3.87. The van der Waals surface area contributed by atoms with Crippen molar-refractivity contribution in [3.63, 3.8) is 0 Å². The third-order valence-corrected chi connectivity index (χ3v) is 5.27. The minimum Gasteiger partial charge on any atom is -0.504 e. The lowest BCUT2D eigenvalue weighted by atomic mass is 10.2. The van der Waals surface area contributed by atoms with E-state index in [4.69, 9.17) is 9.84 Å². The molecule has 0 spiro atoms. The molecule has 3 rings (SSSR count). The van der Waals surface area contributed by atoms with Gasteiger partial charge in [-0.25, -0.2) is 5.01 Å². The first-order valence-electron chi connectivity index (χ1n) is 8.16. The van der Waals surface area contributed by atoms with Gasteiger partial charge in [0.2, 0.25) is 0 Å². The number of rotatable bonds is 6. The smallest absolute Gasteiger partial charge is 0.305 e. The van der Waals surface area contributed by atoms with Crippen molar-refractivity contribution < 1.29 is 28.2 Å². The van der Waals surface area contributed by atoms with Gasteiger partial charge in [0.1, 0.15) is 4.90 Å². The van der Waals surface area contributed by atoms with Crippen LogP contribution in [0.2, 0.25) is 0 Å². The van der Waals surface area contributed by atoms with Crippen LogP contribution in [0.15, 0.2) is 56.9 Å². The number of carbonyl (C=O) groups is 1. The fourth-order valence-electron chi connectivity index (χ4n) is 2.61.